The number of halogens is 1. The molecule has 0 amide bonds. The van der Waals surface area contributed by atoms with Crippen molar-refractivity contribution in [3.63, 3.8) is 0 Å². The van der Waals surface area contributed by atoms with E-state index >= 15 is 0 Å². The van der Waals surface area contributed by atoms with E-state index in [1.165, 1.54) is 11.6 Å². The van der Waals surface area contributed by atoms with Gasteiger partial charge in [-0.15, -0.1) is 11.3 Å². The van der Waals surface area contributed by atoms with Crippen LogP contribution >= 0.6 is 27.3 Å². The molecule has 8 heteroatoms. The maximum absolute atomic E-state index is 13.3. The number of rotatable bonds is 2. The predicted octanol–water partition coefficient (Wildman–Crippen LogP) is 3.65. The zero-order valence-electron chi connectivity index (χ0n) is 15.9. The van der Waals surface area contributed by atoms with E-state index in [0.29, 0.717) is 24.1 Å². The molecule has 3 aromatic heterocycles. The van der Waals surface area contributed by atoms with Gasteiger partial charge in [-0.2, -0.15) is 0 Å². The monoisotopic (exact) mass is 471 g/mol. The topological polar surface area (TPSA) is 58.2 Å². The van der Waals surface area contributed by atoms with Crippen molar-refractivity contribution >= 4 is 38.2 Å². The Morgan fingerprint density at radius 2 is 1.90 bits per heavy atom. The lowest BCUT2D eigenvalue weighted by Gasteiger charge is -2.26. The second-order valence-corrected chi connectivity index (χ2v) is 8.89. The van der Waals surface area contributed by atoms with E-state index < -0.39 is 0 Å². The molecule has 0 aliphatic carbocycles. The van der Waals surface area contributed by atoms with Crippen molar-refractivity contribution in [2.24, 2.45) is 14.1 Å². The van der Waals surface area contributed by atoms with E-state index in [1.54, 1.807) is 23.0 Å². The molecular formula is C21H18BrN3O3S. The minimum Gasteiger partial charge on any atom is -0.364 e. The van der Waals surface area contributed by atoms with E-state index in [4.69, 9.17) is 4.74 Å². The molecule has 0 saturated carbocycles. The van der Waals surface area contributed by atoms with Crippen molar-refractivity contribution in [1.82, 2.24) is 13.7 Å². The Kier molecular flexibility index (Phi) is 4.38. The fourth-order valence-corrected chi connectivity index (χ4v) is 5.42. The molecule has 5 rings (SSSR count). The number of fused-ring (bicyclic) bond motifs is 3. The van der Waals surface area contributed by atoms with Gasteiger partial charge in [0.05, 0.1) is 28.9 Å². The van der Waals surface area contributed by atoms with E-state index in [0.717, 1.165) is 26.3 Å². The molecule has 1 aliphatic heterocycles. The summed E-state index contributed by atoms with van der Waals surface area (Å²) in [5.41, 5.74) is 2.61. The molecule has 0 radical (unpaired) electrons. The van der Waals surface area contributed by atoms with E-state index in [1.807, 2.05) is 41.8 Å². The minimum atomic E-state index is -0.343. The quantitative estimate of drug-likeness (QED) is 0.448. The van der Waals surface area contributed by atoms with Crippen LogP contribution in [0.3, 0.4) is 0 Å². The molecule has 4 aromatic rings. The molecule has 4 heterocycles. The normalized spacial score (nSPS) is 16.3. The highest BCUT2D eigenvalue weighted by molar-refractivity contribution is 9.10. The summed E-state index contributed by atoms with van der Waals surface area (Å²) >= 11 is 5.25. The van der Waals surface area contributed by atoms with Crippen molar-refractivity contribution in [2.45, 2.75) is 12.6 Å². The number of hydrogen-bond donors (Lipinski definition) is 0. The molecule has 0 unspecified atom stereocenters. The largest absolute Gasteiger partial charge is 0.364 e. The average molecular weight is 472 g/mol. The van der Waals surface area contributed by atoms with Crippen molar-refractivity contribution in [3.8, 4) is 11.3 Å². The maximum atomic E-state index is 13.3. The summed E-state index contributed by atoms with van der Waals surface area (Å²) in [6.45, 7) is 1.14. The van der Waals surface area contributed by atoms with Crippen LogP contribution in [0.15, 0.2) is 55.8 Å². The van der Waals surface area contributed by atoms with Crippen LogP contribution in [0, 0.1) is 0 Å². The van der Waals surface area contributed by atoms with Gasteiger partial charge in [0.15, 0.2) is 0 Å². The number of hydrogen-bond acceptors (Lipinski definition) is 4. The number of thiophene rings is 1. The maximum Gasteiger partial charge on any atom is 0.331 e. The molecule has 1 atom stereocenters. The molecule has 29 heavy (non-hydrogen) atoms. The van der Waals surface area contributed by atoms with Crippen LogP contribution < -0.4 is 11.2 Å². The van der Waals surface area contributed by atoms with Gasteiger partial charge in [0.2, 0.25) is 0 Å². The van der Waals surface area contributed by atoms with Gasteiger partial charge in [0.25, 0.3) is 5.56 Å². The summed E-state index contributed by atoms with van der Waals surface area (Å²) in [6.07, 6.45) is -0.319. The second kappa shape index (κ2) is 6.83. The number of aryl methyl sites for hydroxylation is 1. The Hall–Kier alpha value is -2.42. The summed E-state index contributed by atoms with van der Waals surface area (Å²) in [5.74, 6) is 0. The zero-order valence-corrected chi connectivity index (χ0v) is 18.3. The first kappa shape index (κ1) is 18.6. The predicted molar refractivity (Wildman–Crippen MR) is 118 cm³/mol. The summed E-state index contributed by atoms with van der Waals surface area (Å²) in [7, 11) is 3.24. The van der Waals surface area contributed by atoms with Crippen LogP contribution in [0.2, 0.25) is 0 Å². The Morgan fingerprint density at radius 3 is 2.62 bits per heavy atom. The molecule has 0 saturated heterocycles. The van der Waals surface area contributed by atoms with Crippen molar-refractivity contribution < 1.29 is 4.74 Å². The van der Waals surface area contributed by atoms with E-state index in [2.05, 4.69) is 20.5 Å². The first-order valence-electron chi connectivity index (χ1n) is 9.22. The average Bonchev–Trinajstić information content (AvgIpc) is 3.37. The highest BCUT2D eigenvalue weighted by Crippen LogP contribution is 2.42. The highest BCUT2D eigenvalue weighted by Gasteiger charge is 2.33. The summed E-state index contributed by atoms with van der Waals surface area (Å²) in [6, 6.07) is 11.9. The number of benzene rings is 1. The van der Waals surface area contributed by atoms with Crippen LogP contribution in [-0.2, 0) is 25.4 Å². The van der Waals surface area contributed by atoms with Gasteiger partial charge < -0.3 is 9.30 Å². The van der Waals surface area contributed by atoms with Gasteiger partial charge in [0, 0.05) is 35.6 Å². The Bertz CT molecular complexity index is 1360. The first-order valence-corrected chi connectivity index (χ1v) is 10.9. The van der Waals surface area contributed by atoms with Crippen LogP contribution in [0.25, 0.3) is 22.2 Å². The van der Waals surface area contributed by atoms with Gasteiger partial charge in [-0.05, 0) is 17.5 Å². The Morgan fingerprint density at radius 1 is 1.10 bits per heavy atom. The van der Waals surface area contributed by atoms with Gasteiger partial charge >= 0.3 is 5.69 Å². The van der Waals surface area contributed by atoms with Crippen molar-refractivity contribution in [3.05, 3.63) is 77.7 Å². The summed E-state index contributed by atoms with van der Waals surface area (Å²) in [5, 5.41) is 2.55. The van der Waals surface area contributed by atoms with Gasteiger partial charge in [-0.3, -0.25) is 13.9 Å². The SMILES string of the molecule is Cn1c(=O)c2c(-c3ccccc3Br)n3c(c2n(C)c1=O)[C@H](c1cccs1)OCC3. The second-order valence-electron chi connectivity index (χ2n) is 7.06. The molecule has 1 aromatic carbocycles. The first-order chi connectivity index (χ1) is 14.0. The smallest absolute Gasteiger partial charge is 0.331 e. The fraction of sp³-hybridized carbons (Fsp3) is 0.238. The standard InChI is InChI=1S/C21H18BrN3O3S/c1-23-17-15(20(26)24(2)21(23)27)16(12-6-3-4-7-13(12)22)25-9-10-28-19(18(17)25)14-8-5-11-29-14/h3-8,11,19H,9-10H2,1-2H3/t19-/m0/s1. The lowest BCUT2D eigenvalue weighted by molar-refractivity contribution is 0.0500. The van der Waals surface area contributed by atoms with Gasteiger partial charge in [0.1, 0.15) is 6.10 Å². The van der Waals surface area contributed by atoms with E-state index in [9.17, 15) is 9.59 Å². The van der Waals surface area contributed by atoms with Gasteiger partial charge in [-0.1, -0.05) is 40.2 Å². The van der Waals surface area contributed by atoms with Gasteiger partial charge in [-0.25, -0.2) is 4.79 Å². The summed E-state index contributed by atoms with van der Waals surface area (Å²) < 4.78 is 12.0. The lowest BCUT2D eigenvalue weighted by atomic mass is 10.1. The van der Waals surface area contributed by atoms with E-state index in [-0.39, 0.29) is 17.4 Å². The number of aromatic nitrogens is 3. The van der Waals surface area contributed by atoms with Crippen LogP contribution in [0.5, 0.6) is 0 Å². The third-order valence-corrected chi connectivity index (χ3v) is 7.09. The van der Waals surface area contributed by atoms with Crippen molar-refractivity contribution in [2.75, 3.05) is 6.61 Å². The molecule has 6 nitrogen and oxygen atoms in total. The molecule has 148 valence electrons. The molecule has 1 aliphatic rings. The third-order valence-electron chi connectivity index (χ3n) is 5.48. The minimum absolute atomic E-state index is 0.291. The van der Waals surface area contributed by atoms with Crippen LogP contribution in [0.1, 0.15) is 16.7 Å². The molecular weight excluding hydrogens is 454 g/mol. The van der Waals surface area contributed by atoms with Crippen LogP contribution in [0.4, 0.5) is 0 Å². The lowest BCUT2D eigenvalue weighted by Crippen LogP contribution is -2.37. The summed E-state index contributed by atoms with van der Waals surface area (Å²) in [4.78, 5) is 27.1. The Balaban J connectivity index is 2.01. The zero-order chi connectivity index (χ0) is 20.3. The van der Waals surface area contributed by atoms with Crippen LogP contribution in [-0.4, -0.2) is 20.3 Å². The highest BCUT2D eigenvalue weighted by atomic mass is 79.9. The number of ether oxygens (including phenoxy) is 1. The third kappa shape index (κ3) is 2.63. The molecule has 0 fully saturated rings. The molecule has 0 spiro atoms. The fourth-order valence-electron chi connectivity index (χ4n) is 4.17. The number of nitrogens with zero attached hydrogens (tertiary/aromatic N) is 3. The van der Waals surface area contributed by atoms with Crippen molar-refractivity contribution in [1.29, 1.82) is 0 Å². The molecule has 0 bridgehead atoms. The molecule has 0 N–H and O–H groups in total. The Labute approximate surface area is 178 Å².